The van der Waals surface area contributed by atoms with Crippen LogP contribution in [0.1, 0.15) is 32.6 Å². The molecule has 1 amide bonds. The fraction of sp³-hybridized carbons (Fsp3) is 0.933. The fourth-order valence-corrected chi connectivity index (χ4v) is 2.66. The van der Waals surface area contributed by atoms with Gasteiger partial charge >= 0.3 is 0 Å². The first-order chi connectivity index (χ1) is 9.67. The predicted octanol–water partition coefficient (Wildman–Crippen LogP) is 0.932. The number of carbonyl (C=O) groups excluding carboxylic acids is 1. The molecule has 5 heteroatoms. The summed E-state index contributed by atoms with van der Waals surface area (Å²) in [5.74, 6) is 0.835. The SMILES string of the molecule is CCCCN(C)CC1CCN(C(=O)COCCN)CC1. The van der Waals surface area contributed by atoms with Crippen molar-refractivity contribution < 1.29 is 9.53 Å². The van der Waals surface area contributed by atoms with Crippen LogP contribution in [-0.4, -0.2) is 68.7 Å². The number of rotatable bonds is 9. The molecule has 0 unspecified atom stereocenters. The lowest BCUT2D eigenvalue weighted by atomic mass is 9.96. The number of piperidine rings is 1. The van der Waals surface area contributed by atoms with E-state index in [1.807, 2.05) is 4.90 Å². The first-order valence-corrected chi connectivity index (χ1v) is 7.91. The highest BCUT2D eigenvalue weighted by Gasteiger charge is 2.23. The van der Waals surface area contributed by atoms with Crippen molar-refractivity contribution in [2.75, 3.05) is 53.0 Å². The van der Waals surface area contributed by atoms with E-state index in [1.54, 1.807) is 0 Å². The first kappa shape index (κ1) is 17.4. The number of carbonyl (C=O) groups is 1. The molecule has 1 heterocycles. The van der Waals surface area contributed by atoms with Gasteiger partial charge in [0.25, 0.3) is 0 Å². The van der Waals surface area contributed by atoms with Gasteiger partial charge in [0.15, 0.2) is 0 Å². The lowest BCUT2D eigenvalue weighted by Crippen LogP contribution is -2.42. The quantitative estimate of drug-likeness (QED) is 0.640. The molecule has 0 atom stereocenters. The van der Waals surface area contributed by atoms with Crippen molar-refractivity contribution in [3.63, 3.8) is 0 Å². The molecule has 0 aromatic rings. The van der Waals surface area contributed by atoms with E-state index in [9.17, 15) is 4.79 Å². The molecule has 0 radical (unpaired) electrons. The Hall–Kier alpha value is -0.650. The molecule has 1 aliphatic heterocycles. The molecule has 1 rings (SSSR count). The van der Waals surface area contributed by atoms with Gasteiger partial charge in [-0.25, -0.2) is 0 Å². The molecule has 1 fully saturated rings. The third kappa shape index (κ3) is 6.68. The van der Waals surface area contributed by atoms with Gasteiger partial charge < -0.3 is 20.3 Å². The van der Waals surface area contributed by atoms with Crippen molar-refractivity contribution in [3.8, 4) is 0 Å². The Morgan fingerprint density at radius 3 is 2.70 bits per heavy atom. The third-order valence-electron chi connectivity index (χ3n) is 3.92. The van der Waals surface area contributed by atoms with Crippen LogP contribution in [0.3, 0.4) is 0 Å². The summed E-state index contributed by atoms with van der Waals surface area (Å²) in [6.45, 7) is 7.43. The van der Waals surface area contributed by atoms with Crippen molar-refractivity contribution in [1.82, 2.24) is 9.80 Å². The van der Waals surface area contributed by atoms with Gasteiger partial charge in [0, 0.05) is 26.2 Å². The van der Waals surface area contributed by atoms with Crippen LogP contribution in [0.4, 0.5) is 0 Å². The zero-order valence-corrected chi connectivity index (χ0v) is 13.1. The van der Waals surface area contributed by atoms with Gasteiger partial charge in [0.1, 0.15) is 6.61 Å². The maximum Gasteiger partial charge on any atom is 0.248 e. The molecule has 20 heavy (non-hydrogen) atoms. The zero-order valence-electron chi connectivity index (χ0n) is 13.1. The van der Waals surface area contributed by atoms with E-state index in [0.29, 0.717) is 13.2 Å². The number of hydrogen-bond acceptors (Lipinski definition) is 4. The highest BCUT2D eigenvalue weighted by Crippen LogP contribution is 2.18. The summed E-state index contributed by atoms with van der Waals surface area (Å²) in [4.78, 5) is 16.2. The third-order valence-corrected chi connectivity index (χ3v) is 3.92. The summed E-state index contributed by atoms with van der Waals surface area (Å²) in [6.07, 6.45) is 4.74. The molecule has 2 N–H and O–H groups in total. The highest BCUT2D eigenvalue weighted by atomic mass is 16.5. The highest BCUT2D eigenvalue weighted by molar-refractivity contribution is 5.77. The zero-order chi connectivity index (χ0) is 14.8. The van der Waals surface area contributed by atoms with Gasteiger partial charge in [-0.3, -0.25) is 4.79 Å². The molecule has 1 aliphatic rings. The number of unbranched alkanes of at least 4 members (excludes halogenated alkanes) is 1. The second-order valence-electron chi connectivity index (χ2n) is 5.78. The Labute approximate surface area is 123 Å². The van der Waals surface area contributed by atoms with Crippen LogP contribution in [0.2, 0.25) is 0 Å². The first-order valence-electron chi connectivity index (χ1n) is 7.91. The Morgan fingerprint density at radius 1 is 1.40 bits per heavy atom. The van der Waals surface area contributed by atoms with Crippen LogP contribution >= 0.6 is 0 Å². The topological polar surface area (TPSA) is 58.8 Å². The van der Waals surface area contributed by atoms with E-state index in [1.165, 1.54) is 19.4 Å². The number of ether oxygens (including phenoxy) is 1. The van der Waals surface area contributed by atoms with Crippen LogP contribution in [0.15, 0.2) is 0 Å². The van der Waals surface area contributed by atoms with Crippen LogP contribution in [-0.2, 0) is 9.53 Å². The second-order valence-corrected chi connectivity index (χ2v) is 5.78. The minimum absolute atomic E-state index is 0.108. The normalized spacial score (nSPS) is 16.9. The standard InChI is InChI=1S/C15H31N3O2/c1-3-4-8-17(2)12-14-5-9-18(10-6-14)15(19)13-20-11-7-16/h14H,3-13,16H2,1-2H3. The maximum atomic E-state index is 11.9. The van der Waals surface area contributed by atoms with Gasteiger partial charge in [-0.05, 0) is 38.8 Å². The summed E-state index contributed by atoms with van der Waals surface area (Å²) in [7, 11) is 2.20. The van der Waals surface area contributed by atoms with Gasteiger partial charge in [0.2, 0.25) is 5.91 Å². The van der Waals surface area contributed by atoms with E-state index >= 15 is 0 Å². The number of hydrogen-bond donors (Lipinski definition) is 1. The van der Waals surface area contributed by atoms with Crippen molar-refractivity contribution in [3.05, 3.63) is 0 Å². The van der Waals surface area contributed by atoms with Gasteiger partial charge in [-0.15, -0.1) is 0 Å². The molecule has 0 aliphatic carbocycles. The minimum atomic E-state index is 0.108. The number of nitrogens with zero attached hydrogens (tertiary/aromatic N) is 2. The van der Waals surface area contributed by atoms with Crippen molar-refractivity contribution in [2.45, 2.75) is 32.6 Å². The summed E-state index contributed by atoms with van der Waals surface area (Å²) in [6, 6.07) is 0. The maximum absolute atomic E-state index is 11.9. The number of amides is 1. The minimum Gasteiger partial charge on any atom is -0.370 e. The van der Waals surface area contributed by atoms with Crippen molar-refractivity contribution >= 4 is 5.91 Å². The van der Waals surface area contributed by atoms with E-state index in [2.05, 4.69) is 18.9 Å². The van der Waals surface area contributed by atoms with Crippen LogP contribution < -0.4 is 5.73 Å². The van der Waals surface area contributed by atoms with E-state index in [4.69, 9.17) is 10.5 Å². The Bertz CT molecular complexity index is 266. The fourth-order valence-electron chi connectivity index (χ4n) is 2.66. The summed E-state index contributed by atoms with van der Waals surface area (Å²) < 4.78 is 5.21. The molecular weight excluding hydrogens is 254 g/mol. The lowest BCUT2D eigenvalue weighted by molar-refractivity contribution is -0.137. The lowest BCUT2D eigenvalue weighted by Gasteiger charge is -2.34. The largest absolute Gasteiger partial charge is 0.370 e. The Kier molecular flexibility index (Phi) is 8.82. The summed E-state index contributed by atoms with van der Waals surface area (Å²) >= 11 is 0. The average molecular weight is 285 g/mol. The summed E-state index contributed by atoms with van der Waals surface area (Å²) in [5.41, 5.74) is 5.34. The summed E-state index contributed by atoms with van der Waals surface area (Å²) in [5, 5.41) is 0. The second kappa shape index (κ2) is 10.1. The number of nitrogens with two attached hydrogens (primary N) is 1. The molecule has 118 valence electrons. The molecule has 0 bridgehead atoms. The Balaban J connectivity index is 2.17. The monoisotopic (exact) mass is 285 g/mol. The Morgan fingerprint density at radius 2 is 2.10 bits per heavy atom. The van der Waals surface area contributed by atoms with Crippen LogP contribution in [0.25, 0.3) is 0 Å². The van der Waals surface area contributed by atoms with Crippen LogP contribution in [0.5, 0.6) is 0 Å². The predicted molar refractivity (Wildman–Crippen MR) is 81.6 cm³/mol. The average Bonchev–Trinajstić information content (AvgIpc) is 2.46. The molecule has 0 saturated carbocycles. The molecule has 1 saturated heterocycles. The van der Waals surface area contributed by atoms with E-state index < -0.39 is 0 Å². The van der Waals surface area contributed by atoms with E-state index in [-0.39, 0.29) is 12.5 Å². The van der Waals surface area contributed by atoms with Crippen LogP contribution in [0, 0.1) is 5.92 Å². The smallest absolute Gasteiger partial charge is 0.248 e. The number of likely N-dealkylation sites (tertiary alicyclic amines) is 1. The van der Waals surface area contributed by atoms with Gasteiger partial charge in [-0.1, -0.05) is 13.3 Å². The van der Waals surface area contributed by atoms with Crippen molar-refractivity contribution in [2.24, 2.45) is 11.7 Å². The molecule has 0 aromatic heterocycles. The van der Waals surface area contributed by atoms with Gasteiger partial charge in [-0.2, -0.15) is 0 Å². The molecular formula is C15H31N3O2. The molecule has 0 aromatic carbocycles. The van der Waals surface area contributed by atoms with Gasteiger partial charge in [0.05, 0.1) is 6.61 Å². The molecule has 5 nitrogen and oxygen atoms in total. The van der Waals surface area contributed by atoms with Crippen molar-refractivity contribution in [1.29, 1.82) is 0 Å². The van der Waals surface area contributed by atoms with E-state index in [0.717, 1.165) is 38.4 Å². The molecule has 0 spiro atoms.